The van der Waals surface area contributed by atoms with Gasteiger partial charge in [-0.05, 0) is 65.2 Å². The molecule has 0 aromatic rings. The fourth-order valence-electron chi connectivity index (χ4n) is 3.46. The van der Waals surface area contributed by atoms with Crippen LogP contribution in [-0.2, 0) is 9.47 Å². The Kier molecular flexibility index (Phi) is 5.12. The molecular formula is C15H24Cl2O3. The summed E-state index contributed by atoms with van der Waals surface area (Å²) < 4.78 is 11.3. The van der Waals surface area contributed by atoms with Crippen LogP contribution in [-0.4, -0.2) is 28.1 Å². The van der Waals surface area contributed by atoms with Crippen molar-refractivity contribution in [1.82, 2.24) is 0 Å². The average molecular weight is 323 g/mol. The Hall–Kier alpha value is -0.150. The first-order valence-corrected chi connectivity index (χ1v) is 8.48. The maximum absolute atomic E-state index is 12.2. The van der Waals surface area contributed by atoms with Gasteiger partial charge in [-0.25, -0.2) is 4.79 Å². The van der Waals surface area contributed by atoms with Gasteiger partial charge in [0.15, 0.2) is 0 Å². The average Bonchev–Trinajstić information content (AvgIpc) is 2.99. The second-order valence-electron chi connectivity index (χ2n) is 6.23. The summed E-state index contributed by atoms with van der Waals surface area (Å²) in [6, 6.07) is 0. The Balaban J connectivity index is 2.01. The molecule has 2 saturated carbocycles. The molecule has 2 aliphatic carbocycles. The van der Waals surface area contributed by atoms with Crippen LogP contribution in [0.3, 0.4) is 0 Å². The van der Waals surface area contributed by atoms with Gasteiger partial charge in [0.1, 0.15) is 11.2 Å². The van der Waals surface area contributed by atoms with E-state index in [1.54, 1.807) is 0 Å². The summed E-state index contributed by atoms with van der Waals surface area (Å²) in [6.45, 7) is 3.77. The van der Waals surface area contributed by atoms with Crippen molar-refractivity contribution in [3.63, 3.8) is 0 Å². The zero-order valence-corrected chi connectivity index (χ0v) is 13.8. The van der Waals surface area contributed by atoms with Crippen LogP contribution >= 0.6 is 23.2 Å². The first kappa shape index (κ1) is 16.2. The Morgan fingerprint density at radius 1 is 0.850 bits per heavy atom. The lowest BCUT2D eigenvalue weighted by atomic mass is 9.98. The van der Waals surface area contributed by atoms with E-state index in [0.29, 0.717) is 0 Å². The third-order valence-corrected chi connectivity index (χ3v) is 5.72. The van der Waals surface area contributed by atoms with Crippen LogP contribution in [0.4, 0.5) is 4.79 Å². The molecule has 0 saturated heterocycles. The summed E-state index contributed by atoms with van der Waals surface area (Å²) in [5.41, 5.74) is -1.12. The molecule has 0 aliphatic heterocycles. The molecule has 0 bridgehead atoms. The van der Waals surface area contributed by atoms with Crippen molar-refractivity contribution in [3.05, 3.63) is 0 Å². The zero-order chi connectivity index (χ0) is 14.8. The minimum absolute atomic E-state index is 0.203. The predicted molar refractivity (Wildman–Crippen MR) is 80.6 cm³/mol. The van der Waals surface area contributed by atoms with Gasteiger partial charge in [0.25, 0.3) is 0 Å². The van der Waals surface area contributed by atoms with E-state index in [0.717, 1.165) is 51.4 Å². The summed E-state index contributed by atoms with van der Waals surface area (Å²) in [5.74, 6) is 0. The van der Waals surface area contributed by atoms with Gasteiger partial charge >= 0.3 is 6.16 Å². The van der Waals surface area contributed by atoms with Gasteiger partial charge in [0, 0.05) is 0 Å². The molecule has 20 heavy (non-hydrogen) atoms. The molecule has 2 aliphatic rings. The number of halogens is 2. The Labute approximate surface area is 131 Å². The summed E-state index contributed by atoms with van der Waals surface area (Å²) in [7, 11) is 0. The van der Waals surface area contributed by atoms with Gasteiger partial charge in [-0.15, -0.1) is 23.2 Å². The molecule has 0 radical (unpaired) electrons. The molecule has 2 fully saturated rings. The molecule has 0 aromatic carbocycles. The molecular weight excluding hydrogens is 299 g/mol. The van der Waals surface area contributed by atoms with Gasteiger partial charge in [0.05, 0.1) is 10.8 Å². The van der Waals surface area contributed by atoms with Crippen molar-refractivity contribution in [2.45, 2.75) is 87.2 Å². The number of carbonyl (C=O) groups excluding carboxylic acids is 1. The van der Waals surface area contributed by atoms with Gasteiger partial charge < -0.3 is 9.47 Å². The highest BCUT2D eigenvalue weighted by atomic mass is 35.5. The van der Waals surface area contributed by atoms with Gasteiger partial charge in [-0.1, -0.05) is 0 Å². The minimum atomic E-state index is -0.603. The van der Waals surface area contributed by atoms with E-state index in [1.807, 2.05) is 13.8 Å². The monoisotopic (exact) mass is 322 g/mol. The first-order chi connectivity index (χ1) is 9.40. The second-order valence-corrected chi connectivity index (χ2v) is 7.54. The lowest BCUT2D eigenvalue weighted by molar-refractivity contribution is -0.0778. The van der Waals surface area contributed by atoms with Crippen molar-refractivity contribution in [2.24, 2.45) is 0 Å². The molecule has 2 rings (SSSR count). The van der Waals surface area contributed by atoms with E-state index in [1.165, 1.54) is 0 Å². The van der Waals surface area contributed by atoms with Crippen LogP contribution < -0.4 is 0 Å². The fraction of sp³-hybridized carbons (Fsp3) is 0.933. The topological polar surface area (TPSA) is 35.5 Å². The van der Waals surface area contributed by atoms with Crippen LogP contribution in [0.25, 0.3) is 0 Å². The summed E-state index contributed by atoms with van der Waals surface area (Å²) in [5, 5.41) is -0.406. The van der Waals surface area contributed by atoms with Crippen molar-refractivity contribution in [3.8, 4) is 0 Å². The number of carbonyl (C=O) groups is 1. The molecule has 0 N–H and O–H groups in total. The minimum Gasteiger partial charge on any atom is -0.426 e. The molecule has 0 heterocycles. The van der Waals surface area contributed by atoms with Crippen molar-refractivity contribution < 1.29 is 14.3 Å². The largest absolute Gasteiger partial charge is 0.509 e. The number of hydrogen-bond donors (Lipinski definition) is 0. The third-order valence-electron chi connectivity index (χ3n) is 4.92. The Morgan fingerprint density at radius 3 is 1.40 bits per heavy atom. The lowest BCUT2D eigenvalue weighted by Gasteiger charge is -2.35. The normalized spacial score (nSPS) is 27.0. The second kappa shape index (κ2) is 6.31. The van der Waals surface area contributed by atoms with Crippen LogP contribution in [0.1, 0.15) is 65.2 Å². The number of rotatable bonds is 4. The van der Waals surface area contributed by atoms with Gasteiger partial charge in [-0.3, -0.25) is 0 Å². The van der Waals surface area contributed by atoms with E-state index >= 15 is 0 Å². The highest BCUT2D eigenvalue weighted by molar-refractivity contribution is 6.21. The maximum Gasteiger partial charge on any atom is 0.509 e. The van der Waals surface area contributed by atoms with Crippen molar-refractivity contribution in [1.29, 1.82) is 0 Å². The van der Waals surface area contributed by atoms with Crippen LogP contribution in [0.2, 0.25) is 0 Å². The molecule has 116 valence electrons. The lowest BCUT2D eigenvalue weighted by Crippen LogP contribution is -2.45. The fourth-order valence-corrected chi connectivity index (χ4v) is 3.99. The summed E-state index contributed by atoms with van der Waals surface area (Å²) in [6.07, 6.45) is 6.83. The smallest absolute Gasteiger partial charge is 0.426 e. The number of alkyl halides is 2. The molecule has 2 atom stereocenters. The summed E-state index contributed by atoms with van der Waals surface area (Å²) >= 11 is 12.5. The standard InChI is InChI=1S/C15H24Cl2O3/c1-11(16)14(7-3-4-8-14)19-13(18)20-15(12(2)17)9-5-6-10-15/h11-12H,3-10H2,1-2H3. The van der Waals surface area contributed by atoms with Crippen LogP contribution in [0, 0.1) is 0 Å². The Bertz CT molecular complexity index is 311. The van der Waals surface area contributed by atoms with Crippen LogP contribution in [0.5, 0.6) is 0 Å². The molecule has 5 heteroatoms. The van der Waals surface area contributed by atoms with E-state index < -0.39 is 17.4 Å². The molecule has 0 spiro atoms. The third kappa shape index (κ3) is 3.19. The molecule has 3 nitrogen and oxygen atoms in total. The highest BCUT2D eigenvalue weighted by Gasteiger charge is 2.46. The highest BCUT2D eigenvalue weighted by Crippen LogP contribution is 2.42. The number of ether oxygens (including phenoxy) is 2. The molecule has 0 aromatic heterocycles. The predicted octanol–water partition coefficient (Wildman–Crippen LogP) is 5.02. The first-order valence-electron chi connectivity index (χ1n) is 7.60. The van der Waals surface area contributed by atoms with E-state index in [2.05, 4.69) is 0 Å². The van der Waals surface area contributed by atoms with Crippen molar-refractivity contribution in [2.75, 3.05) is 0 Å². The quantitative estimate of drug-likeness (QED) is 0.538. The van der Waals surface area contributed by atoms with Crippen LogP contribution in [0.15, 0.2) is 0 Å². The van der Waals surface area contributed by atoms with Gasteiger partial charge in [-0.2, -0.15) is 0 Å². The molecule has 0 amide bonds. The van der Waals surface area contributed by atoms with Crippen molar-refractivity contribution >= 4 is 29.4 Å². The van der Waals surface area contributed by atoms with Gasteiger partial charge in [0.2, 0.25) is 0 Å². The number of hydrogen-bond acceptors (Lipinski definition) is 3. The maximum atomic E-state index is 12.2. The van der Waals surface area contributed by atoms with E-state index in [4.69, 9.17) is 32.7 Å². The Morgan fingerprint density at radius 2 is 1.15 bits per heavy atom. The van der Waals surface area contributed by atoms with E-state index in [-0.39, 0.29) is 10.8 Å². The SMILES string of the molecule is CC(Cl)C1(OC(=O)OC2(C(C)Cl)CCCC2)CCCC1. The molecule has 2 unspecified atom stereocenters. The zero-order valence-electron chi connectivity index (χ0n) is 12.3. The van der Waals surface area contributed by atoms with E-state index in [9.17, 15) is 4.79 Å². The summed E-state index contributed by atoms with van der Waals surface area (Å²) in [4.78, 5) is 12.2.